The molecule has 1 aromatic rings. The highest BCUT2D eigenvalue weighted by atomic mass is 16.4. The van der Waals surface area contributed by atoms with Crippen LogP contribution in [0.4, 0.5) is 5.82 Å². The maximum atomic E-state index is 11.8. The minimum Gasteiger partial charge on any atom is -0.481 e. The fourth-order valence-corrected chi connectivity index (χ4v) is 3.39. The van der Waals surface area contributed by atoms with Crippen LogP contribution in [-0.4, -0.2) is 34.3 Å². The van der Waals surface area contributed by atoms with Gasteiger partial charge in [-0.05, 0) is 44.2 Å². The van der Waals surface area contributed by atoms with Gasteiger partial charge in [-0.3, -0.25) is 4.79 Å². The molecule has 5 heteroatoms. The lowest BCUT2D eigenvalue weighted by atomic mass is 9.74. The van der Waals surface area contributed by atoms with Crippen molar-refractivity contribution in [3.8, 4) is 0 Å². The predicted octanol–water partition coefficient (Wildman–Crippen LogP) is 2.61. The normalized spacial score (nSPS) is 22.4. The number of aliphatic carboxylic acids is 1. The van der Waals surface area contributed by atoms with Crippen molar-refractivity contribution < 1.29 is 15.0 Å². The number of anilines is 1. The Morgan fingerprint density at radius 3 is 2.64 bits per heavy atom. The number of carboxylic acids is 1. The van der Waals surface area contributed by atoms with Gasteiger partial charge in [0.25, 0.3) is 0 Å². The van der Waals surface area contributed by atoms with Crippen LogP contribution in [0.3, 0.4) is 0 Å². The van der Waals surface area contributed by atoms with Crippen molar-refractivity contribution in [2.45, 2.75) is 45.1 Å². The molecule has 0 spiro atoms. The molecule has 0 amide bonds. The fraction of sp³-hybridized carbons (Fsp3) is 0.647. The zero-order valence-electron chi connectivity index (χ0n) is 13.0. The number of rotatable bonds is 5. The van der Waals surface area contributed by atoms with Crippen LogP contribution in [0.5, 0.6) is 0 Å². The number of carbonyl (C=O) groups is 1. The molecule has 1 aromatic heterocycles. The highest BCUT2D eigenvalue weighted by Crippen LogP contribution is 2.46. The molecule has 1 saturated carbocycles. The summed E-state index contributed by atoms with van der Waals surface area (Å²) in [4.78, 5) is 18.4. The van der Waals surface area contributed by atoms with Gasteiger partial charge in [0.05, 0.1) is 17.2 Å². The van der Waals surface area contributed by atoms with Crippen molar-refractivity contribution >= 4 is 11.8 Å². The Morgan fingerprint density at radius 2 is 2.09 bits per heavy atom. The third kappa shape index (κ3) is 3.09. The summed E-state index contributed by atoms with van der Waals surface area (Å²) in [7, 11) is 0. The van der Waals surface area contributed by atoms with Crippen LogP contribution in [-0.2, 0) is 4.79 Å². The minimum atomic E-state index is -0.634. The molecule has 1 aliphatic carbocycles. The second-order valence-corrected chi connectivity index (χ2v) is 6.82. The first-order valence-corrected chi connectivity index (χ1v) is 8.13. The summed E-state index contributed by atoms with van der Waals surface area (Å²) in [6, 6.07) is 5.64. The number of pyridine rings is 1. The van der Waals surface area contributed by atoms with E-state index in [0.29, 0.717) is 24.5 Å². The van der Waals surface area contributed by atoms with Gasteiger partial charge >= 0.3 is 5.97 Å². The van der Waals surface area contributed by atoms with Crippen molar-refractivity contribution in [1.29, 1.82) is 0 Å². The topological polar surface area (TPSA) is 73.7 Å². The minimum absolute atomic E-state index is 0.542. The molecule has 5 nitrogen and oxygen atoms in total. The lowest BCUT2D eigenvalue weighted by molar-refractivity contribution is -0.151. The van der Waals surface area contributed by atoms with Crippen molar-refractivity contribution in [2.24, 2.45) is 11.3 Å². The van der Waals surface area contributed by atoms with E-state index in [1.54, 1.807) is 6.92 Å². The fourth-order valence-electron chi connectivity index (χ4n) is 3.39. The second kappa shape index (κ2) is 5.88. The van der Waals surface area contributed by atoms with E-state index in [4.69, 9.17) is 0 Å². The standard InChI is InChI=1S/C17H24N2O3/c1-12(20)14-3-2-4-15(18-14)19-9-7-17(8-10-19,16(21)22)11-13-5-6-13/h2-4,12-13,20H,5-11H2,1H3,(H,21,22)/t12-/m1/s1. The lowest BCUT2D eigenvalue weighted by Gasteiger charge is -2.39. The molecule has 1 atom stereocenters. The highest BCUT2D eigenvalue weighted by Gasteiger charge is 2.45. The molecule has 2 N–H and O–H groups in total. The zero-order valence-corrected chi connectivity index (χ0v) is 13.0. The van der Waals surface area contributed by atoms with E-state index in [0.717, 1.165) is 25.3 Å². The summed E-state index contributed by atoms with van der Waals surface area (Å²) in [5.41, 5.74) is 0.116. The number of piperidine rings is 1. The molecule has 1 aliphatic heterocycles. The third-order valence-corrected chi connectivity index (χ3v) is 5.06. The predicted molar refractivity (Wildman–Crippen MR) is 83.7 cm³/mol. The first-order chi connectivity index (χ1) is 10.5. The summed E-state index contributed by atoms with van der Waals surface area (Å²) in [5, 5.41) is 19.3. The van der Waals surface area contributed by atoms with Gasteiger partial charge in [-0.25, -0.2) is 4.98 Å². The van der Waals surface area contributed by atoms with Gasteiger partial charge in [-0.15, -0.1) is 0 Å². The summed E-state index contributed by atoms with van der Waals surface area (Å²) in [5.74, 6) is 0.827. The average molecular weight is 304 g/mol. The van der Waals surface area contributed by atoms with Crippen LogP contribution in [0.2, 0.25) is 0 Å². The maximum Gasteiger partial charge on any atom is 0.309 e. The van der Waals surface area contributed by atoms with E-state index in [2.05, 4.69) is 9.88 Å². The quantitative estimate of drug-likeness (QED) is 0.874. The average Bonchev–Trinajstić information content (AvgIpc) is 3.32. The molecule has 2 fully saturated rings. The Kier molecular flexibility index (Phi) is 4.08. The van der Waals surface area contributed by atoms with Crippen molar-refractivity contribution in [3.05, 3.63) is 23.9 Å². The third-order valence-electron chi connectivity index (χ3n) is 5.06. The molecule has 0 aromatic carbocycles. The molecule has 1 saturated heterocycles. The largest absolute Gasteiger partial charge is 0.481 e. The second-order valence-electron chi connectivity index (χ2n) is 6.82. The highest BCUT2D eigenvalue weighted by molar-refractivity contribution is 5.75. The van der Waals surface area contributed by atoms with Gasteiger partial charge in [-0.2, -0.15) is 0 Å². The Hall–Kier alpha value is -1.62. The van der Waals surface area contributed by atoms with Crippen LogP contribution in [0.25, 0.3) is 0 Å². The zero-order chi connectivity index (χ0) is 15.7. The summed E-state index contributed by atoms with van der Waals surface area (Å²) in [6.07, 6.45) is 3.99. The van der Waals surface area contributed by atoms with E-state index >= 15 is 0 Å². The van der Waals surface area contributed by atoms with Crippen molar-refractivity contribution in [2.75, 3.05) is 18.0 Å². The van der Waals surface area contributed by atoms with E-state index in [1.807, 2.05) is 18.2 Å². The van der Waals surface area contributed by atoms with Crippen LogP contribution < -0.4 is 4.90 Å². The lowest BCUT2D eigenvalue weighted by Crippen LogP contribution is -2.45. The number of aliphatic hydroxyl groups excluding tert-OH is 1. The van der Waals surface area contributed by atoms with Crippen LogP contribution >= 0.6 is 0 Å². The van der Waals surface area contributed by atoms with E-state index in [-0.39, 0.29) is 0 Å². The number of hydrogen-bond acceptors (Lipinski definition) is 4. The number of carboxylic acid groups (broad SMARTS) is 1. The van der Waals surface area contributed by atoms with Gasteiger partial charge in [0, 0.05) is 13.1 Å². The first kappa shape index (κ1) is 15.3. The Balaban J connectivity index is 1.70. The van der Waals surface area contributed by atoms with E-state index in [1.165, 1.54) is 12.8 Å². The van der Waals surface area contributed by atoms with E-state index in [9.17, 15) is 15.0 Å². The molecule has 0 unspecified atom stereocenters. The monoisotopic (exact) mass is 304 g/mol. The van der Waals surface area contributed by atoms with E-state index < -0.39 is 17.5 Å². The van der Waals surface area contributed by atoms with Crippen LogP contribution in [0.15, 0.2) is 18.2 Å². The SMILES string of the molecule is C[C@@H](O)c1cccc(N2CCC(CC3CC3)(C(=O)O)CC2)n1. The molecule has 0 bridgehead atoms. The molecule has 0 radical (unpaired) electrons. The number of hydrogen-bond donors (Lipinski definition) is 2. The Bertz CT molecular complexity index is 547. The summed E-state index contributed by atoms with van der Waals surface area (Å²) in [6.45, 7) is 3.14. The van der Waals surface area contributed by atoms with Gasteiger partial charge in [0.1, 0.15) is 5.82 Å². The van der Waals surface area contributed by atoms with Crippen molar-refractivity contribution in [3.63, 3.8) is 0 Å². The van der Waals surface area contributed by atoms with Crippen LogP contribution in [0, 0.1) is 11.3 Å². The molecule has 3 rings (SSSR count). The Morgan fingerprint density at radius 1 is 1.41 bits per heavy atom. The molecule has 2 heterocycles. The van der Waals surface area contributed by atoms with Gasteiger partial charge in [0.2, 0.25) is 0 Å². The first-order valence-electron chi connectivity index (χ1n) is 8.13. The maximum absolute atomic E-state index is 11.8. The Labute approximate surface area is 131 Å². The van der Waals surface area contributed by atoms with Gasteiger partial charge in [-0.1, -0.05) is 18.9 Å². The van der Waals surface area contributed by atoms with Crippen LogP contribution in [0.1, 0.15) is 50.8 Å². The molecule has 22 heavy (non-hydrogen) atoms. The van der Waals surface area contributed by atoms with Crippen molar-refractivity contribution in [1.82, 2.24) is 4.98 Å². The molecular weight excluding hydrogens is 280 g/mol. The smallest absolute Gasteiger partial charge is 0.309 e. The molecule has 120 valence electrons. The molecular formula is C17H24N2O3. The summed E-state index contributed by atoms with van der Waals surface area (Å²) < 4.78 is 0. The number of aromatic nitrogens is 1. The van der Waals surface area contributed by atoms with Gasteiger partial charge in [0.15, 0.2) is 0 Å². The number of aliphatic hydroxyl groups is 1. The van der Waals surface area contributed by atoms with Gasteiger partial charge < -0.3 is 15.1 Å². The number of nitrogens with zero attached hydrogens (tertiary/aromatic N) is 2. The summed E-state index contributed by atoms with van der Waals surface area (Å²) >= 11 is 0. The molecule has 2 aliphatic rings.